The van der Waals surface area contributed by atoms with Crippen LogP contribution < -0.4 is 0 Å². The highest BCUT2D eigenvalue weighted by Gasteiger charge is 2.45. The van der Waals surface area contributed by atoms with Gasteiger partial charge < -0.3 is 4.74 Å². The highest BCUT2D eigenvalue weighted by Crippen LogP contribution is 2.29. The van der Waals surface area contributed by atoms with E-state index in [1.807, 2.05) is 51.1 Å². The van der Waals surface area contributed by atoms with E-state index >= 15 is 0 Å². The van der Waals surface area contributed by atoms with Gasteiger partial charge >= 0.3 is 12.0 Å². The van der Waals surface area contributed by atoms with Crippen LogP contribution in [0.15, 0.2) is 36.4 Å². The zero-order valence-corrected chi connectivity index (χ0v) is 12.9. The van der Waals surface area contributed by atoms with E-state index in [4.69, 9.17) is 4.74 Å². The van der Waals surface area contributed by atoms with Crippen molar-refractivity contribution in [3.8, 4) is 0 Å². The second kappa shape index (κ2) is 6.13. The predicted molar refractivity (Wildman–Crippen MR) is 81.9 cm³/mol. The average molecular weight is 301 g/mol. The van der Waals surface area contributed by atoms with E-state index in [0.717, 1.165) is 10.5 Å². The monoisotopic (exact) mass is 301 g/mol. The van der Waals surface area contributed by atoms with E-state index in [9.17, 15) is 14.4 Å². The van der Waals surface area contributed by atoms with Crippen LogP contribution in [-0.4, -0.2) is 35.3 Å². The van der Waals surface area contributed by atoms with Crippen LogP contribution in [0.2, 0.25) is 0 Å². The Labute approximate surface area is 129 Å². The van der Waals surface area contributed by atoms with Crippen LogP contribution in [0.4, 0.5) is 4.79 Å². The van der Waals surface area contributed by atoms with Crippen LogP contribution in [0.5, 0.6) is 0 Å². The van der Waals surface area contributed by atoms with Crippen molar-refractivity contribution in [1.29, 1.82) is 0 Å². The van der Waals surface area contributed by atoms with Gasteiger partial charge in [-0.05, 0) is 17.1 Å². The number of ketones is 1. The molecule has 2 amide bonds. The molecule has 116 valence electrons. The molecule has 0 aromatic heterocycles. The van der Waals surface area contributed by atoms with E-state index in [1.165, 1.54) is 6.08 Å². The van der Waals surface area contributed by atoms with Gasteiger partial charge in [-0.15, -0.1) is 0 Å². The van der Waals surface area contributed by atoms with Gasteiger partial charge in [0.1, 0.15) is 6.61 Å². The van der Waals surface area contributed by atoms with E-state index in [1.54, 1.807) is 6.08 Å². The minimum Gasteiger partial charge on any atom is -0.447 e. The molecule has 1 aromatic carbocycles. The Morgan fingerprint density at radius 2 is 1.86 bits per heavy atom. The molecule has 5 nitrogen and oxygen atoms in total. The molecule has 0 radical (unpaired) electrons. The lowest BCUT2D eigenvalue weighted by Crippen LogP contribution is -2.48. The predicted octanol–water partition coefficient (Wildman–Crippen LogP) is 2.66. The van der Waals surface area contributed by atoms with Gasteiger partial charge in [-0.25, -0.2) is 9.69 Å². The summed E-state index contributed by atoms with van der Waals surface area (Å²) in [6, 6.07) is 8.71. The molecule has 1 aliphatic heterocycles. The molecule has 1 fully saturated rings. The number of nitrogens with zero attached hydrogens (tertiary/aromatic N) is 1. The molecule has 1 atom stereocenters. The highest BCUT2D eigenvalue weighted by atomic mass is 16.6. The summed E-state index contributed by atoms with van der Waals surface area (Å²) < 4.78 is 4.93. The lowest BCUT2D eigenvalue weighted by molar-refractivity contribution is -0.141. The number of carbonyl (C=O) groups excluding carboxylic acids is 3. The second-order valence-corrected chi connectivity index (χ2v) is 6.24. The van der Waals surface area contributed by atoms with Crippen LogP contribution in [-0.2, 0) is 14.3 Å². The number of carbonyl (C=O) groups is 3. The second-order valence-electron chi connectivity index (χ2n) is 6.24. The van der Waals surface area contributed by atoms with Gasteiger partial charge in [0.05, 0.1) is 6.04 Å². The number of benzene rings is 1. The van der Waals surface area contributed by atoms with Crippen LogP contribution in [0.3, 0.4) is 0 Å². The van der Waals surface area contributed by atoms with E-state index in [-0.39, 0.29) is 12.0 Å². The largest absolute Gasteiger partial charge is 0.447 e. The van der Waals surface area contributed by atoms with Crippen LogP contribution in [0, 0.1) is 5.41 Å². The number of imide groups is 1. The lowest BCUT2D eigenvalue weighted by atomic mass is 9.86. The summed E-state index contributed by atoms with van der Waals surface area (Å²) in [6.07, 6.45) is 1.97. The number of hydrogen-bond donors (Lipinski definition) is 0. The fraction of sp³-hybridized carbons (Fsp3) is 0.353. The van der Waals surface area contributed by atoms with Crippen molar-refractivity contribution in [1.82, 2.24) is 4.90 Å². The molecule has 0 aliphatic carbocycles. The van der Waals surface area contributed by atoms with Gasteiger partial charge in [0.15, 0.2) is 0 Å². The molecular formula is C17H19NO4. The molecule has 22 heavy (non-hydrogen) atoms. The number of cyclic esters (lactones) is 1. The minimum absolute atomic E-state index is 0.115. The average Bonchev–Trinajstić information content (AvgIpc) is 2.87. The molecule has 5 heteroatoms. The van der Waals surface area contributed by atoms with E-state index in [0.29, 0.717) is 0 Å². The number of rotatable bonds is 3. The third-order valence-electron chi connectivity index (χ3n) is 3.53. The lowest BCUT2D eigenvalue weighted by Gasteiger charge is -2.30. The fourth-order valence-corrected chi connectivity index (χ4v) is 2.21. The van der Waals surface area contributed by atoms with Crippen molar-refractivity contribution < 1.29 is 19.1 Å². The molecule has 0 saturated carbocycles. The third kappa shape index (κ3) is 3.42. The van der Waals surface area contributed by atoms with Crippen LogP contribution in [0.25, 0.3) is 6.08 Å². The maximum Gasteiger partial charge on any atom is 0.417 e. The van der Waals surface area contributed by atoms with Gasteiger partial charge in [0.25, 0.3) is 0 Å². The first kappa shape index (κ1) is 15.9. The Bertz CT molecular complexity index is 613. The Kier molecular flexibility index (Phi) is 4.45. The maximum atomic E-state index is 12.3. The molecule has 1 aliphatic rings. The number of ether oxygens (including phenoxy) is 1. The van der Waals surface area contributed by atoms with Crippen molar-refractivity contribution in [3.05, 3.63) is 42.0 Å². The standard InChI is InChI=1S/C17H19NO4/c1-17(2,3)14-11-22-16(21)18(14)15(20)13(19)10-9-12-7-5-4-6-8-12/h4-10,14H,11H2,1-3H3/b10-9+/t14-/m1/s1. The maximum absolute atomic E-state index is 12.3. The summed E-state index contributed by atoms with van der Waals surface area (Å²) in [5, 5.41) is 0. The van der Waals surface area contributed by atoms with Gasteiger partial charge in [-0.3, -0.25) is 9.59 Å². The van der Waals surface area contributed by atoms with Gasteiger partial charge in [-0.2, -0.15) is 0 Å². The SMILES string of the molecule is CC(C)(C)[C@H]1COC(=O)N1C(=O)C(=O)/C=C/c1ccccc1. The topological polar surface area (TPSA) is 63.7 Å². The van der Waals surface area contributed by atoms with Gasteiger partial charge in [0, 0.05) is 0 Å². The Balaban J connectivity index is 2.14. The van der Waals surface area contributed by atoms with Crippen molar-refractivity contribution in [2.45, 2.75) is 26.8 Å². The Morgan fingerprint density at radius 3 is 2.45 bits per heavy atom. The molecule has 1 saturated heterocycles. The van der Waals surface area contributed by atoms with Gasteiger partial charge in [-0.1, -0.05) is 57.2 Å². The molecule has 0 spiro atoms. The van der Waals surface area contributed by atoms with Crippen molar-refractivity contribution in [3.63, 3.8) is 0 Å². The summed E-state index contributed by atoms with van der Waals surface area (Å²) in [6.45, 7) is 5.79. The summed E-state index contributed by atoms with van der Waals surface area (Å²) in [5.41, 5.74) is 0.450. The molecular weight excluding hydrogens is 282 g/mol. The Morgan fingerprint density at radius 1 is 1.23 bits per heavy atom. The first-order valence-electron chi connectivity index (χ1n) is 7.08. The fourth-order valence-electron chi connectivity index (χ4n) is 2.21. The van der Waals surface area contributed by atoms with E-state index < -0.39 is 23.8 Å². The summed E-state index contributed by atoms with van der Waals surface area (Å²) in [7, 11) is 0. The van der Waals surface area contributed by atoms with E-state index in [2.05, 4.69) is 0 Å². The highest BCUT2D eigenvalue weighted by molar-refractivity contribution is 6.43. The van der Waals surface area contributed by atoms with Crippen molar-refractivity contribution in [2.75, 3.05) is 6.61 Å². The smallest absolute Gasteiger partial charge is 0.417 e. The Hall–Kier alpha value is -2.43. The van der Waals surface area contributed by atoms with Crippen LogP contribution >= 0.6 is 0 Å². The molecule has 2 rings (SSSR count). The zero-order chi connectivity index (χ0) is 16.3. The van der Waals surface area contributed by atoms with Crippen molar-refractivity contribution in [2.24, 2.45) is 5.41 Å². The van der Waals surface area contributed by atoms with Crippen LogP contribution in [0.1, 0.15) is 26.3 Å². The molecule has 0 bridgehead atoms. The minimum atomic E-state index is -0.852. The molecule has 1 aromatic rings. The molecule has 0 N–H and O–H groups in total. The summed E-state index contributed by atoms with van der Waals surface area (Å²) in [4.78, 5) is 37.0. The molecule has 0 unspecified atom stereocenters. The summed E-state index contributed by atoms with van der Waals surface area (Å²) >= 11 is 0. The van der Waals surface area contributed by atoms with Crippen molar-refractivity contribution >= 4 is 23.9 Å². The first-order valence-corrected chi connectivity index (χ1v) is 7.08. The zero-order valence-electron chi connectivity index (χ0n) is 12.9. The summed E-state index contributed by atoms with van der Waals surface area (Å²) in [5.74, 6) is -1.59. The number of hydrogen-bond acceptors (Lipinski definition) is 4. The first-order chi connectivity index (χ1) is 10.3. The van der Waals surface area contributed by atoms with Gasteiger partial charge in [0.2, 0.25) is 5.78 Å². The quantitative estimate of drug-likeness (QED) is 0.636. The number of amides is 2. The third-order valence-corrected chi connectivity index (χ3v) is 3.53. The normalized spacial score (nSPS) is 18.6. The molecule has 1 heterocycles.